The van der Waals surface area contributed by atoms with Gasteiger partial charge in [-0.1, -0.05) is 12.1 Å². The molecule has 5 amide bonds. The maximum absolute atomic E-state index is 13.3. The number of aliphatic carboxylic acids is 1. The van der Waals surface area contributed by atoms with Gasteiger partial charge in [-0.3, -0.25) is 24.0 Å². The summed E-state index contributed by atoms with van der Waals surface area (Å²) in [6, 6.07) is -0.117. The van der Waals surface area contributed by atoms with Gasteiger partial charge in [0.2, 0.25) is 29.5 Å². The molecule has 3 rings (SSSR count). The predicted octanol–water partition coefficient (Wildman–Crippen LogP) is -3.60. The average Bonchev–Trinajstić information content (AvgIpc) is 3.69. The van der Waals surface area contributed by atoms with Crippen LogP contribution < -0.4 is 21.7 Å². The molecule has 1 aromatic carbocycles. The molecular formula is C27H38N6O10. The maximum Gasteiger partial charge on any atom is 0.326 e. The van der Waals surface area contributed by atoms with Crippen LogP contribution in [0.1, 0.15) is 31.2 Å². The maximum atomic E-state index is 13.3. The Morgan fingerprint density at radius 1 is 0.860 bits per heavy atom. The van der Waals surface area contributed by atoms with Gasteiger partial charge >= 0.3 is 5.97 Å². The number of hydrogen-bond acceptors (Lipinski definition) is 10. The standard InChI is InChI=1S/C27H38N6O10/c28-17(13-34)25(40)32-9-1-3-20(32)24(39)29-12-22(37)30-18(11-15-5-7-16(36)8-6-15)23(38)31-19(14-35)26(41)33-10-2-4-21(33)27(42)43/h5-8,17-21,34-36H,1-4,9-14,28H2,(H,29,39)(H,30,37)(H,31,38)(H,42,43)/t17-,18-,19-,20-,21-/m0/s1. The van der Waals surface area contributed by atoms with E-state index in [1.165, 1.54) is 29.2 Å². The molecular weight excluding hydrogens is 568 g/mol. The molecule has 236 valence electrons. The Bertz CT molecular complexity index is 1200. The van der Waals surface area contributed by atoms with E-state index in [4.69, 9.17) is 5.73 Å². The minimum atomic E-state index is -1.47. The fraction of sp³-hybridized carbons (Fsp3) is 0.556. The Morgan fingerprint density at radius 2 is 1.47 bits per heavy atom. The minimum absolute atomic E-state index is 0.0274. The van der Waals surface area contributed by atoms with E-state index in [1.807, 2.05) is 0 Å². The first-order valence-corrected chi connectivity index (χ1v) is 13.9. The number of phenolic OH excluding ortho intramolecular Hbond substituents is 1. The quantitative estimate of drug-likeness (QED) is 0.109. The fourth-order valence-corrected chi connectivity index (χ4v) is 5.15. The van der Waals surface area contributed by atoms with Gasteiger partial charge < -0.3 is 51.9 Å². The molecule has 0 radical (unpaired) electrons. The van der Waals surface area contributed by atoms with Gasteiger partial charge in [0, 0.05) is 19.5 Å². The lowest BCUT2D eigenvalue weighted by molar-refractivity contribution is -0.150. The summed E-state index contributed by atoms with van der Waals surface area (Å²) in [5.74, 6) is -4.83. The number of hydrogen-bond donors (Lipinski definition) is 8. The summed E-state index contributed by atoms with van der Waals surface area (Å²) in [5.41, 5.74) is 6.13. The van der Waals surface area contributed by atoms with Crippen molar-refractivity contribution in [2.24, 2.45) is 5.73 Å². The Kier molecular flexibility index (Phi) is 11.8. The first-order chi connectivity index (χ1) is 20.5. The van der Waals surface area contributed by atoms with E-state index in [2.05, 4.69) is 16.0 Å². The van der Waals surface area contributed by atoms with Crippen LogP contribution >= 0.6 is 0 Å². The summed E-state index contributed by atoms with van der Waals surface area (Å²) >= 11 is 0. The molecule has 16 heteroatoms. The van der Waals surface area contributed by atoms with Crippen molar-refractivity contribution in [3.05, 3.63) is 29.8 Å². The van der Waals surface area contributed by atoms with Crippen LogP contribution in [0, 0.1) is 0 Å². The molecule has 2 aliphatic rings. The number of nitrogens with one attached hydrogen (secondary N) is 3. The van der Waals surface area contributed by atoms with Crippen LogP contribution in [-0.4, -0.2) is 129 Å². The number of rotatable bonds is 13. The topological polar surface area (TPSA) is 252 Å². The molecule has 0 saturated carbocycles. The third-order valence-electron chi connectivity index (χ3n) is 7.42. The van der Waals surface area contributed by atoms with Gasteiger partial charge in [-0.25, -0.2) is 4.79 Å². The molecule has 0 aliphatic carbocycles. The summed E-state index contributed by atoms with van der Waals surface area (Å²) in [5, 5.41) is 45.3. The number of amides is 5. The molecule has 0 bridgehead atoms. The minimum Gasteiger partial charge on any atom is -0.508 e. The van der Waals surface area contributed by atoms with Crippen LogP contribution in [0.15, 0.2) is 24.3 Å². The van der Waals surface area contributed by atoms with Gasteiger partial charge in [0.15, 0.2) is 0 Å². The highest BCUT2D eigenvalue weighted by atomic mass is 16.4. The number of aliphatic hydroxyl groups is 2. The van der Waals surface area contributed by atoms with Crippen LogP contribution in [0.5, 0.6) is 5.75 Å². The highest BCUT2D eigenvalue weighted by Crippen LogP contribution is 2.20. The molecule has 43 heavy (non-hydrogen) atoms. The molecule has 2 aliphatic heterocycles. The van der Waals surface area contributed by atoms with Crippen molar-refractivity contribution in [1.82, 2.24) is 25.8 Å². The van der Waals surface area contributed by atoms with Crippen LogP contribution in [0.25, 0.3) is 0 Å². The number of aromatic hydroxyl groups is 1. The fourth-order valence-electron chi connectivity index (χ4n) is 5.15. The van der Waals surface area contributed by atoms with Gasteiger partial charge in [0.1, 0.15) is 36.0 Å². The molecule has 2 heterocycles. The molecule has 0 spiro atoms. The summed E-state index contributed by atoms with van der Waals surface area (Å²) < 4.78 is 0. The Balaban J connectivity index is 1.67. The Hall–Kier alpha value is -4.28. The second kappa shape index (κ2) is 15.3. The molecule has 16 nitrogen and oxygen atoms in total. The van der Waals surface area contributed by atoms with Crippen LogP contribution in [0.2, 0.25) is 0 Å². The van der Waals surface area contributed by atoms with Gasteiger partial charge in [0.05, 0.1) is 19.8 Å². The third kappa shape index (κ3) is 8.62. The largest absolute Gasteiger partial charge is 0.508 e. The summed E-state index contributed by atoms with van der Waals surface area (Å²) in [6.45, 7) is -1.55. The number of carbonyl (C=O) groups excluding carboxylic acids is 5. The van der Waals surface area contributed by atoms with E-state index in [0.717, 1.165) is 4.90 Å². The number of aliphatic hydroxyl groups excluding tert-OH is 2. The number of carbonyl (C=O) groups is 6. The highest BCUT2D eigenvalue weighted by molar-refractivity contribution is 5.95. The monoisotopic (exact) mass is 606 g/mol. The number of nitrogens with zero attached hydrogens (tertiary/aromatic N) is 2. The van der Waals surface area contributed by atoms with Gasteiger partial charge in [-0.05, 0) is 43.4 Å². The third-order valence-corrected chi connectivity index (χ3v) is 7.42. The number of carboxylic acid groups (broad SMARTS) is 1. The highest BCUT2D eigenvalue weighted by Gasteiger charge is 2.39. The molecule has 0 aromatic heterocycles. The zero-order valence-corrected chi connectivity index (χ0v) is 23.5. The molecule has 9 N–H and O–H groups in total. The first-order valence-electron chi connectivity index (χ1n) is 13.9. The second-order valence-corrected chi connectivity index (χ2v) is 10.5. The van der Waals surface area contributed by atoms with Crippen molar-refractivity contribution in [3.8, 4) is 5.75 Å². The molecule has 2 saturated heterocycles. The molecule has 2 fully saturated rings. The number of phenols is 1. The van der Waals surface area contributed by atoms with E-state index >= 15 is 0 Å². The van der Waals surface area contributed by atoms with E-state index in [0.29, 0.717) is 24.8 Å². The molecule has 0 unspecified atom stereocenters. The van der Waals surface area contributed by atoms with E-state index in [9.17, 15) is 49.2 Å². The van der Waals surface area contributed by atoms with Crippen LogP contribution in [0.4, 0.5) is 0 Å². The van der Waals surface area contributed by atoms with Gasteiger partial charge in [0.25, 0.3) is 0 Å². The van der Waals surface area contributed by atoms with E-state index in [-0.39, 0.29) is 31.7 Å². The van der Waals surface area contributed by atoms with Gasteiger partial charge in [-0.15, -0.1) is 0 Å². The van der Waals surface area contributed by atoms with Crippen molar-refractivity contribution < 1.29 is 49.2 Å². The van der Waals surface area contributed by atoms with Crippen molar-refractivity contribution in [1.29, 1.82) is 0 Å². The lowest BCUT2D eigenvalue weighted by Crippen LogP contribution is -2.58. The zero-order chi connectivity index (χ0) is 31.7. The Labute approximate surface area is 247 Å². The van der Waals surface area contributed by atoms with Crippen molar-refractivity contribution in [2.45, 2.75) is 62.3 Å². The van der Waals surface area contributed by atoms with Crippen LogP contribution in [0.3, 0.4) is 0 Å². The second-order valence-electron chi connectivity index (χ2n) is 10.5. The number of benzene rings is 1. The number of likely N-dealkylation sites (tertiary alicyclic amines) is 2. The SMILES string of the molecule is N[C@@H](CO)C(=O)N1CCC[C@H]1C(=O)NCC(=O)N[C@@H](Cc1ccc(O)cc1)C(=O)N[C@@H](CO)C(=O)N1CCC[C@H]1C(=O)O. The zero-order valence-electron chi connectivity index (χ0n) is 23.5. The molecule has 5 atom stereocenters. The number of nitrogens with two attached hydrogens (primary N) is 1. The predicted molar refractivity (Wildman–Crippen MR) is 148 cm³/mol. The lowest BCUT2D eigenvalue weighted by Gasteiger charge is -2.28. The van der Waals surface area contributed by atoms with Crippen molar-refractivity contribution >= 4 is 35.5 Å². The van der Waals surface area contributed by atoms with Crippen molar-refractivity contribution in [3.63, 3.8) is 0 Å². The summed E-state index contributed by atoms with van der Waals surface area (Å²) in [7, 11) is 0. The van der Waals surface area contributed by atoms with Crippen molar-refractivity contribution in [2.75, 3.05) is 32.8 Å². The lowest BCUT2D eigenvalue weighted by atomic mass is 10.0. The van der Waals surface area contributed by atoms with Gasteiger partial charge in [-0.2, -0.15) is 0 Å². The van der Waals surface area contributed by atoms with E-state index < -0.39 is 85.5 Å². The summed E-state index contributed by atoms with van der Waals surface area (Å²) in [4.78, 5) is 78.1. The average molecular weight is 607 g/mol. The van der Waals surface area contributed by atoms with Crippen LogP contribution in [-0.2, 0) is 35.2 Å². The summed E-state index contributed by atoms with van der Waals surface area (Å²) in [6.07, 6.45) is 1.45. The van der Waals surface area contributed by atoms with E-state index in [1.54, 1.807) is 0 Å². The smallest absolute Gasteiger partial charge is 0.326 e. The first kappa shape index (κ1) is 33.2. The molecule has 1 aromatic rings. The Morgan fingerprint density at radius 3 is 2.05 bits per heavy atom. The normalized spacial score (nSPS) is 20.2. The number of carboxylic acids is 1.